The predicted molar refractivity (Wildman–Crippen MR) is 92.9 cm³/mol. The molecule has 0 fully saturated rings. The molecule has 0 bridgehead atoms. The summed E-state index contributed by atoms with van der Waals surface area (Å²) < 4.78 is 7.51. The third kappa shape index (κ3) is 2.44. The number of methoxy groups -OCH3 is 1. The van der Waals surface area contributed by atoms with Gasteiger partial charge in [-0.1, -0.05) is 48.5 Å². The zero-order valence-electron chi connectivity index (χ0n) is 12.7. The maximum absolute atomic E-state index is 5.44. The van der Waals surface area contributed by atoms with E-state index in [2.05, 4.69) is 32.6 Å². The maximum atomic E-state index is 5.44. The minimum absolute atomic E-state index is 0.573. The standard InChI is InChI=1S/C19H15N3O/c1-23-19-17-11-15-9-5-6-10-16(15)22(17)13-18(21-19)20-12-14-7-3-2-4-8-14/h2-13H,1H3/b20-12+. The third-order valence-corrected chi connectivity index (χ3v) is 3.77. The van der Waals surface area contributed by atoms with E-state index in [4.69, 9.17) is 4.74 Å². The molecule has 112 valence electrons. The molecule has 0 unspecified atom stereocenters. The molecule has 2 aromatic carbocycles. The van der Waals surface area contributed by atoms with Crippen molar-refractivity contribution in [3.63, 3.8) is 0 Å². The van der Waals surface area contributed by atoms with Crippen LogP contribution < -0.4 is 4.74 Å². The van der Waals surface area contributed by atoms with Crippen LogP contribution in [0.5, 0.6) is 5.88 Å². The first kappa shape index (κ1) is 13.5. The molecule has 0 atom stereocenters. The first-order valence-corrected chi connectivity index (χ1v) is 7.39. The lowest BCUT2D eigenvalue weighted by atomic mass is 10.2. The topological polar surface area (TPSA) is 38.9 Å². The van der Waals surface area contributed by atoms with Gasteiger partial charge in [-0.05, 0) is 17.7 Å². The number of rotatable bonds is 3. The van der Waals surface area contributed by atoms with Crippen LogP contribution in [-0.4, -0.2) is 22.7 Å². The van der Waals surface area contributed by atoms with E-state index in [0.717, 1.165) is 22.0 Å². The Morgan fingerprint density at radius 2 is 1.78 bits per heavy atom. The highest BCUT2D eigenvalue weighted by Crippen LogP contribution is 2.28. The fourth-order valence-electron chi connectivity index (χ4n) is 2.68. The highest BCUT2D eigenvalue weighted by Gasteiger charge is 2.10. The Hall–Kier alpha value is -3.14. The lowest BCUT2D eigenvalue weighted by Gasteiger charge is -2.04. The van der Waals surface area contributed by atoms with Crippen LogP contribution in [-0.2, 0) is 0 Å². The highest BCUT2D eigenvalue weighted by molar-refractivity contribution is 5.89. The number of hydrogen-bond acceptors (Lipinski definition) is 3. The minimum Gasteiger partial charge on any atom is -0.479 e. The molecular weight excluding hydrogens is 286 g/mol. The van der Waals surface area contributed by atoms with Crippen molar-refractivity contribution < 1.29 is 4.74 Å². The SMILES string of the molecule is COc1nc(/N=C/c2ccccc2)cn2c1cc1ccccc12. The summed E-state index contributed by atoms with van der Waals surface area (Å²) in [5.74, 6) is 1.18. The molecule has 4 aromatic rings. The van der Waals surface area contributed by atoms with Gasteiger partial charge in [-0.3, -0.25) is 0 Å². The number of nitrogens with zero attached hydrogens (tertiary/aromatic N) is 3. The van der Waals surface area contributed by atoms with Crippen molar-refractivity contribution in [1.29, 1.82) is 0 Å². The van der Waals surface area contributed by atoms with Crippen LogP contribution in [0.15, 0.2) is 71.9 Å². The van der Waals surface area contributed by atoms with E-state index in [0.29, 0.717) is 11.7 Å². The Morgan fingerprint density at radius 3 is 2.61 bits per heavy atom. The van der Waals surface area contributed by atoms with Crippen LogP contribution in [0.4, 0.5) is 5.82 Å². The lowest BCUT2D eigenvalue weighted by molar-refractivity contribution is 0.402. The summed E-state index contributed by atoms with van der Waals surface area (Å²) in [5.41, 5.74) is 3.08. The van der Waals surface area contributed by atoms with E-state index >= 15 is 0 Å². The van der Waals surface area contributed by atoms with Crippen molar-refractivity contribution in [2.24, 2.45) is 4.99 Å². The van der Waals surface area contributed by atoms with Crippen LogP contribution in [0.3, 0.4) is 0 Å². The molecule has 0 aliphatic carbocycles. The van der Waals surface area contributed by atoms with Gasteiger partial charge in [0, 0.05) is 11.6 Å². The molecular formula is C19H15N3O. The van der Waals surface area contributed by atoms with E-state index in [-0.39, 0.29) is 0 Å². The van der Waals surface area contributed by atoms with Gasteiger partial charge in [-0.2, -0.15) is 4.98 Å². The Kier molecular flexibility index (Phi) is 3.27. The molecule has 0 spiro atoms. The Morgan fingerprint density at radius 1 is 1.00 bits per heavy atom. The molecule has 23 heavy (non-hydrogen) atoms. The summed E-state index contributed by atoms with van der Waals surface area (Å²) in [7, 11) is 1.63. The molecule has 2 aromatic heterocycles. The fraction of sp³-hybridized carbons (Fsp3) is 0.0526. The zero-order valence-corrected chi connectivity index (χ0v) is 12.7. The molecule has 0 aliphatic rings. The van der Waals surface area contributed by atoms with Crippen molar-refractivity contribution in [1.82, 2.24) is 9.38 Å². The van der Waals surface area contributed by atoms with E-state index in [9.17, 15) is 0 Å². The van der Waals surface area contributed by atoms with Gasteiger partial charge in [0.1, 0.15) is 5.52 Å². The molecule has 4 rings (SSSR count). The number of fused-ring (bicyclic) bond motifs is 3. The van der Waals surface area contributed by atoms with Crippen LogP contribution in [0.25, 0.3) is 16.4 Å². The summed E-state index contributed by atoms with van der Waals surface area (Å²) >= 11 is 0. The molecule has 4 nitrogen and oxygen atoms in total. The summed E-state index contributed by atoms with van der Waals surface area (Å²) in [5, 5.41) is 1.15. The third-order valence-electron chi connectivity index (χ3n) is 3.77. The van der Waals surface area contributed by atoms with Crippen molar-refractivity contribution in [3.05, 3.63) is 72.4 Å². The first-order chi connectivity index (χ1) is 11.3. The van der Waals surface area contributed by atoms with Gasteiger partial charge in [0.2, 0.25) is 5.88 Å². The number of benzene rings is 2. The molecule has 0 N–H and O–H groups in total. The van der Waals surface area contributed by atoms with Crippen molar-refractivity contribution in [2.45, 2.75) is 0 Å². The fourth-order valence-corrected chi connectivity index (χ4v) is 2.68. The molecule has 0 amide bonds. The normalized spacial score (nSPS) is 11.5. The Balaban J connectivity index is 1.87. The Bertz CT molecular complexity index is 1000. The average Bonchev–Trinajstić information content (AvgIpc) is 2.99. The van der Waals surface area contributed by atoms with E-state index in [1.165, 1.54) is 0 Å². The van der Waals surface area contributed by atoms with Gasteiger partial charge in [0.05, 0.1) is 18.8 Å². The van der Waals surface area contributed by atoms with Crippen LogP contribution >= 0.6 is 0 Å². The van der Waals surface area contributed by atoms with Gasteiger partial charge in [0.25, 0.3) is 0 Å². The number of aromatic nitrogens is 2. The van der Waals surface area contributed by atoms with Crippen LogP contribution in [0, 0.1) is 0 Å². The largest absolute Gasteiger partial charge is 0.479 e. The smallest absolute Gasteiger partial charge is 0.240 e. The van der Waals surface area contributed by atoms with Gasteiger partial charge >= 0.3 is 0 Å². The quantitative estimate of drug-likeness (QED) is 0.531. The molecule has 4 heteroatoms. The number of ether oxygens (including phenoxy) is 1. The van der Waals surface area contributed by atoms with Crippen molar-refractivity contribution in [3.8, 4) is 5.88 Å². The van der Waals surface area contributed by atoms with Gasteiger partial charge in [-0.25, -0.2) is 4.99 Å². The summed E-state index contributed by atoms with van der Waals surface area (Å²) in [6.07, 6.45) is 3.74. The number of hydrogen-bond donors (Lipinski definition) is 0. The van der Waals surface area contributed by atoms with Gasteiger partial charge in [-0.15, -0.1) is 0 Å². The summed E-state index contributed by atoms with van der Waals surface area (Å²) in [6, 6.07) is 20.2. The second-order valence-corrected chi connectivity index (χ2v) is 5.24. The Labute approximate surface area is 133 Å². The summed E-state index contributed by atoms with van der Waals surface area (Å²) in [4.78, 5) is 8.97. The van der Waals surface area contributed by atoms with Crippen molar-refractivity contribution in [2.75, 3.05) is 7.11 Å². The molecule has 0 saturated carbocycles. The first-order valence-electron chi connectivity index (χ1n) is 7.39. The number of aliphatic imine (C=N–C) groups is 1. The number of para-hydroxylation sites is 1. The lowest BCUT2D eigenvalue weighted by Crippen LogP contribution is -1.93. The minimum atomic E-state index is 0.573. The van der Waals surface area contributed by atoms with Gasteiger partial charge < -0.3 is 9.14 Å². The summed E-state index contributed by atoms with van der Waals surface area (Å²) in [6.45, 7) is 0. The van der Waals surface area contributed by atoms with Crippen molar-refractivity contribution >= 4 is 28.5 Å². The van der Waals surface area contributed by atoms with Crippen LogP contribution in [0.1, 0.15) is 5.56 Å². The predicted octanol–water partition coefficient (Wildman–Crippen LogP) is 4.25. The molecule has 0 aliphatic heterocycles. The van der Waals surface area contributed by atoms with Gasteiger partial charge in [0.15, 0.2) is 5.82 Å². The molecule has 0 radical (unpaired) electrons. The second-order valence-electron chi connectivity index (χ2n) is 5.24. The maximum Gasteiger partial charge on any atom is 0.240 e. The average molecular weight is 301 g/mol. The molecule has 0 saturated heterocycles. The molecule has 2 heterocycles. The zero-order chi connectivity index (χ0) is 15.6. The van der Waals surface area contributed by atoms with E-state index in [1.807, 2.05) is 48.7 Å². The van der Waals surface area contributed by atoms with Crippen LogP contribution in [0.2, 0.25) is 0 Å². The highest BCUT2D eigenvalue weighted by atomic mass is 16.5. The monoisotopic (exact) mass is 301 g/mol. The van der Waals surface area contributed by atoms with E-state index < -0.39 is 0 Å². The van der Waals surface area contributed by atoms with E-state index in [1.54, 1.807) is 13.3 Å². The second kappa shape index (κ2) is 5.57.